The molecule has 32 heavy (non-hydrogen) atoms. The number of nitrogens with zero attached hydrogens (tertiary/aromatic N) is 1. The van der Waals surface area contributed by atoms with Crippen molar-refractivity contribution in [2.45, 2.75) is 38.5 Å². The van der Waals surface area contributed by atoms with Gasteiger partial charge in [0.05, 0.1) is 25.8 Å². The highest BCUT2D eigenvalue weighted by atomic mass is 19.4. The van der Waals surface area contributed by atoms with E-state index in [0.717, 1.165) is 11.6 Å². The lowest BCUT2D eigenvalue weighted by Gasteiger charge is -2.32. The highest BCUT2D eigenvalue weighted by Crippen LogP contribution is 2.31. The van der Waals surface area contributed by atoms with Gasteiger partial charge < -0.3 is 14.8 Å². The number of likely N-dealkylation sites (tertiary alicyclic amines) is 1. The van der Waals surface area contributed by atoms with Crippen LogP contribution in [0.1, 0.15) is 42.5 Å². The molecule has 0 saturated carbocycles. The Balaban J connectivity index is 1.55. The van der Waals surface area contributed by atoms with Gasteiger partial charge in [0.1, 0.15) is 11.5 Å². The smallest absolute Gasteiger partial charge is 0.416 e. The summed E-state index contributed by atoms with van der Waals surface area (Å²) in [5.41, 5.74) is 0.829. The first kappa shape index (κ1) is 23.9. The number of ether oxygens (including phenoxy) is 2. The van der Waals surface area contributed by atoms with Crippen molar-refractivity contribution in [3.05, 3.63) is 59.2 Å². The van der Waals surface area contributed by atoms with E-state index in [9.17, 15) is 18.0 Å². The molecule has 1 heterocycles. The molecular formula is C24H29F3N2O3. The molecular weight excluding hydrogens is 421 g/mol. The number of carbonyl (C=O) groups excluding carboxylic acids is 1. The number of nitrogens with one attached hydrogen (secondary N) is 1. The zero-order valence-electron chi connectivity index (χ0n) is 18.5. The second-order valence-electron chi connectivity index (χ2n) is 8.09. The fraction of sp³-hybridized carbons (Fsp3) is 0.458. The molecule has 2 aromatic rings. The maximum Gasteiger partial charge on any atom is 0.416 e. The molecule has 1 amide bonds. The number of rotatable bonds is 7. The lowest BCUT2D eigenvalue weighted by atomic mass is 9.94. The van der Waals surface area contributed by atoms with Crippen LogP contribution in [0.3, 0.4) is 0 Å². The van der Waals surface area contributed by atoms with Crippen LogP contribution in [-0.4, -0.2) is 38.1 Å². The van der Waals surface area contributed by atoms with Crippen LogP contribution in [0, 0.1) is 5.92 Å². The molecule has 1 aliphatic rings. The third-order valence-corrected chi connectivity index (χ3v) is 5.88. The SMILES string of the molecule is COc1ccc(OC)c(C(C)NC(=O)C2CCN(Cc3cccc(C(F)(F)F)c3)CC2)c1. The van der Waals surface area contributed by atoms with E-state index in [4.69, 9.17) is 9.47 Å². The van der Waals surface area contributed by atoms with Gasteiger partial charge in [0.2, 0.25) is 5.91 Å². The summed E-state index contributed by atoms with van der Waals surface area (Å²) in [5.74, 6) is 1.20. The number of alkyl halides is 3. The lowest BCUT2D eigenvalue weighted by Crippen LogP contribution is -2.41. The maximum atomic E-state index is 12.9. The summed E-state index contributed by atoms with van der Waals surface area (Å²) >= 11 is 0. The highest BCUT2D eigenvalue weighted by Gasteiger charge is 2.31. The Morgan fingerprint density at radius 2 is 1.84 bits per heavy atom. The van der Waals surface area contributed by atoms with Crippen LogP contribution in [0.2, 0.25) is 0 Å². The fourth-order valence-electron chi connectivity index (χ4n) is 4.04. The average molecular weight is 451 g/mol. The molecule has 8 heteroatoms. The standard InChI is InChI=1S/C24H29F3N2O3/c1-16(21-14-20(31-2)7-8-22(21)32-3)28-23(30)18-9-11-29(12-10-18)15-17-5-4-6-19(13-17)24(25,26)27/h4-8,13-14,16,18H,9-12,15H2,1-3H3,(H,28,30). The van der Waals surface area contributed by atoms with Gasteiger partial charge >= 0.3 is 6.18 Å². The third kappa shape index (κ3) is 5.94. The molecule has 0 aliphatic carbocycles. The first-order valence-corrected chi connectivity index (χ1v) is 10.6. The summed E-state index contributed by atoms with van der Waals surface area (Å²) in [4.78, 5) is 14.9. The van der Waals surface area contributed by atoms with E-state index in [1.165, 1.54) is 12.1 Å². The van der Waals surface area contributed by atoms with Crippen molar-refractivity contribution in [1.82, 2.24) is 10.2 Å². The van der Waals surface area contributed by atoms with Crippen LogP contribution in [0.15, 0.2) is 42.5 Å². The van der Waals surface area contributed by atoms with Gasteiger partial charge in [0.15, 0.2) is 0 Å². The van der Waals surface area contributed by atoms with Crippen LogP contribution >= 0.6 is 0 Å². The Morgan fingerprint density at radius 1 is 1.12 bits per heavy atom. The van der Waals surface area contributed by atoms with Crippen molar-refractivity contribution >= 4 is 5.91 Å². The minimum atomic E-state index is -4.34. The van der Waals surface area contributed by atoms with Crippen LogP contribution < -0.4 is 14.8 Å². The highest BCUT2D eigenvalue weighted by molar-refractivity contribution is 5.79. The summed E-state index contributed by atoms with van der Waals surface area (Å²) in [6.07, 6.45) is -3.03. The number of benzene rings is 2. The van der Waals surface area contributed by atoms with Crippen molar-refractivity contribution in [2.75, 3.05) is 27.3 Å². The number of halogens is 3. The van der Waals surface area contributed by atoms with Gasteiger partial charge in [-0.3, -0.25) is 9.69 Å². The van der Waals surface area contributed by atoms with Crippen LogP contribution in [-0.2, 0) is 17.5 Å². The van der Waals surface area contributed by atoms with E-state index in [-0.39, 0.29) is 17.9 Å². The van der Waals surface area contributed by atoms with E-state index in [1.807, 2.05) is 19.1 Å². The quantitative estimate of drug-likeness (QED) is 0.658. The van der Waals surface area contributed by atoms with Crippen molar-refractivity contribution in [3.8, 4) is 11.5 Å². The monoisotopic (exact) mass is 450 g/mol. The molecule has 1 atom stereocenters. The van der Waals surface area contributed by atoms with E-state index >= 15 is 0 Å². The molecule has 5 nitrogen and oxygen atoms in total. The minimum absolute atomic E-state index is 0.0268. The summed E-state index contributed by atoms with van der Waals surface area (Å²) in [6.45, 7) is 3.66. The molecule has 0 bridgehead atoms. The van der Waals surface area contributed by atoms with E-state index < -0.39 is 11.7 Å². The van der Waals surface area contributed by atoms with Crippen molar-refractivity contribution in [3.63, 3.8) is 0 Å². The molecule has 2 aromatic carbocycles. The molecule has 0 radical (unpaired) electrons. The first-order chi connectivity index (χ1) is 15.2. The zero-order valence-corrected chi connectivity index (χ0v) is 18.5. The number of carbonyl (C=O) groups is 1. The predicted octanol–water partition coefficient (Wildman–Crippen LogP) is 4.81. The molecule has 1 aliphatic heterocycles. The first-order valence-electron chi connectivity index (χ1n) is 10.6. The van der Waals surface area contributed by atoms with Crippen molar-refractivity contribution in [2.24, 2.45) is 5.92 Å². The molecule has 0 aromatic heterocycles. The van der Waals surface area contributed by atoms with Gasteiger partial charge in [0.25, 0.3) is 0 Å². The Morgan fingerprint density at radius 3 is 2.47 bits per heavy atom. The Bertz CT molecular complexity index is 925. The van der Waals surface area contributed by atoms with Gasteiger partial charge in [-0.15, -0.1) is 0 Å². The molecule has 0 spiro atoms. The number of piperidine rings is 1. The minimum Gasteiger partial charge on any atom is -0.497 e. The lowest BCUT2D eigenvalue weighted by molar-refractivity contribution is -0.137. The van der Waals surface area contributed by atoms with E-state index in [0.29, 0.717) is 49.5 Å². The van der Waals surface area contributed by atoms with Gasteiger partial charge in [-0.1, -0.05) is 18.2 Å². The van der Waals surface area contributed by atoms with E-state index in [1.54, 1.807) is 26.4 Å². The summed E-state index contributed by atoms with van der Waals surface area (Å²) in [7, 11) is 3.17. The molecule has 1 fully saturated rings. The van der Waals surface area contributed by atoms with Crippen molar-refractivity contribution < 1.29 is 27.4 Å². The number of hydrogen-bond donors (Lipinski definition) is 1. The molecule has 3 rings (SSSR count). The topological polar surface area (TPSA) is 50.8 Å². The number of amides is 1. The normalized spacial score (nSPS) is 16.4. The Kier molecular flexibility index (Phi) is 7.66. The van der Waals surface area contributed by atoms with Gasteiger partial charge in [-0.05, 0) is 62.7 Å². The van der Waals surface area contributed by atoms with Crippen LogP contribution in [0.4, 0.5) is 13.2 Å². The largest absolute Gasteiger partial charge is 0.497 e. The van der Waals surface area contributed by atoms with Crippen LogP contribution in [0.5, 0.6) is 11.5 Å². The molecule has 1 unspecified atom stereocenters. The molecule has 1 saturated heterocycles. The maximum absolute atomic E-state index is 12.9. The summed E-state index contributed by atoms with van der Waals surface area (Å²) < 4.78 is 49.5. The van der Waals surface area contributed by atoms with Gasteiger partial charge in [-0.25, -0.2) is 0 Å². The summed E-state index contributed by atoms with van der Waals surface area (Å²) in [5, 5.41) is 3.06. The number of methoxy groups -OCH3 is 2. The fourth-order valence-corrected chi connectivity index (χ4v) is 4.04. The Labute approximate surface area is 186 Å². The second-order valence-corrected chi connectivity index (χ2v) is 8.09. The molecule has 174 valence electrons. The second kappa shape index (κ2) is 10.3. The zero-order chi connectivity index (χ0) is 23.3. The Hall–Kier alpha value is -2.74. The number of hydrogen-bond acceptors (Lipinski definition) is 4. The predicted molar refractivity (Wildman–Crippen MR) is 116 cm³/mol. The van der Waals surface area contributed by atoms with Gasteiger partial charge in [0, 0.05) is 18.0 Å². The van der Waals surface area contributed by atoms with E-state index in [2.05, 4.69) is 10.2 Å². The summed E-state index contributed by atoms with van der Waals surface area (Å²) in [6, 6.07) is 10.6. The molecule has 1 N–H and O–H groups in total. The third-order valence-electron chi connectivity index (χ3n) is 5.88. The van der Waals surface area contributed by atoms with Crippen molar-refractivity contribution in [1.29, 1.82) is 0 Å². The van der Waals surface area contributed by atoms with Crippen LogP contribution in [0.25, 0.3) is 0 Å². The van der Waals surface area contributed by atoms with Gasteiger partial charge in [-0.2, -0.15) is 13.2 Å². The average Bonchev–Trinajstić information content (AvgIpc) is 2.78.